The standard InChI is InChI=1S/C33H34N2O7/c1-21(14-26(36)23-10-12-27-29(15-23)39-19-37-27)33(18-34,24-11-13-28-30(16-24)40-20-38-28)35(4)25-17-41-32(2,3)42-31(25)22-8-6-5-7-9-22/h5-13,15-16,21,25,31H,14,17,19-20H2,1-4H3/t21-,25+,31+,33-/m1/s1. The van der Waals surface area contributed by atoms with Crippen molar-refractivity contribution >= 4 is 5.78 Å². The molecule has 3 aliphatic rings. The van der Waals surface area contributed by atoms with Crippen LogP contribution in [0, 0.1) is 17.2 Å². The van der Waals surface area contributed by atoms with Gasteiger partial charge in [0.2, 0.25) is 13.6 Å². The second-order valence-electron chi connectivity index (χ2n) is 11.4. The second kappa shape index (κ2) is 11.0. The third-order valence-electron chi connectivity index (χ3n) is 8.43. The summed E-state index contributed by atoms with van der Waals surface area (Å²) in [6.45, 7) is 6.27. The van der Waals surface area contributed by atoms with Crippen LogP contribution in [0.1, 0.15) is 54.8 Å². The fraction of sp³-hybridized carbons (Fsp3) is 0.394. The van der Waals surface area contributed by atoms with Gasteiger partial charge in [-0.3, -0.25) is 9.69 Å². The lowest BCUT2D eigenvalue weighted by atomic mass is 9.74. The summed E-state index contributed by atoms with van der Waals surface area (Å²) < 4.78 is 34.8. The van der Waals surface area contributed by atoms with Gasteiger partial charge in [0.1, 0.15) is 11.6 Å². The Kier molecular flexibility index (Phi) is 7.31. The normalized spacial score (nSPS) is 22.3. The summed E-state index contributed by atoms with van der Waals surface area (Å²) in [5.74, 6) is 0.948. The van der Waals surface area contributed by atoms with E-state index in [1.807, 2.05) is 81.2 Å². The van der Waals surface area contributed by atoms with E-state index in [4.69, 9.17) is 28.4 Å². The van der Waals surface area contributed by atoms with Crippen molar-refractivity contribution < 1.29 is 33.2 Å². The van der Waals surface area contributed by atoms with Crippen LogP contribution in [-0.2, 0) is 15.0 Å². The minimum atomic E-state index is -1.27. The molecule has 42 heavy (non-hydrogen) atoms. The summed E-state index contributed by atoms with van der Waals surface area (Å²) in [5, 5.41) is 11.1. The van der Waals surface area contributed by atoms with E-state index in [0.29, 0.717) is 40.7 Å². The predicted octanol–water partition coefficient (Wildman–Crippen LogP) is 5.60. The smallest absolute Gasteiger partial charge is 0.231 e. The quantitative estimate of drug-likeness (QED) is 0.321. The van der Waals surface area contributed by atoms with E-state index in [2.05, 4.69) is 6.07 Å². The van der Waals surface area contributed by atoms with Gasteiger partial charge in [-0.05, 0) is 68.3 Å². The van der Waals surface area contributed by atoms with Gasteiger partial charge >= 0.3 is 0 Å². The van der Waals surface area contributed by atoms with E-state index in [9.17, 15) is 10.1 Å². The molecule has 9 nitrogen and oxygen atoms in total. The molecular weight excluding hydrogens is 536 g/mol. The molecule has 0 unspecified atom stereocenters. The minimum absolute atomic E-state index is 0.0991. The lowest BCUT2D eigenvalue weighted by Gasteiger charge is -2.51. The number of Topliss-reactive ketones (excluding diaryl/α,β-unsaturated/α-hetero) is 1. The molecule has 3 aromatic rings. The van der Waals surface area contributed by atoms with Crippen molar-refractivity contribution in [1.82, 2.24) is 4.90 Å². The van der Waals surface area contributed by atoms with Crippen LogP contribution >= 0.6 is 0 Å². The number of hydrogen-bond acceptors (Lipinski definition) is 9. The number of ether oxygens (including phenoxy) is 6. The second-order valence-corrected chi connectivity index (χ2v) is 11.4. The highest BCUT2D eigenvalue weighted by molar-refractivity contribution is 5.97. The third-order valence-corrected chi connectivity index (χ3v) is 8.43. The van der Waals surface area contributed by atoms with Crippen LogP contribution in [0.3, 0.4) is 0 Å². The maximum atomic E-state index is 13.7. The molecule has 3 heterocycles. The van der Waals surface area contributed by atoms with E-state index < -0.39 is 23.3 Å². The molecular formula is C33H34N2O7. The van der Waals surface area contributed by atoms with Crippen LogP contribution in [0.2, 0.25) is 0 Å². The van der Waals surface area contributed by atoms with Gasteiger partial charge in [0.25, 0.3) is 0 Å². The maximum absolute atomic E-state index is 13.7. The van der Waals surface area contributed by atoms with Crippen LogP contribution < -0.4 is 18.9 Å². The number of rotatable bonds is 8. The van der Waals surface area contributed by atoms with Crippen LogP contribution in [0.5, 0.6) is 23.0 Å². The molecule has 3 aliphatic heterocycles. The highest BCUT2D eigenvalue weighted by atomic mass is 16.7. The van der Waals surface area contributed by atoms with Crippen LogP contribution in [-0.4, -0.2) is 49.8 Å². The Morgan fingerprint density at radius 1 is 0.976 bits per heavy atom. The molecule has 9 heteroatoms. The first-order chi connectivity index (χ1) is 20.2. The fourth-order valence-corrected chi connectivity index (χ4v) is 6.14. The van der Waals surface area contributed by atoms with Gasteiger partial charge in [-0.15, -0.1) is 0 Å². The first kappa shape index (κ1) is 28.0. The summed E-state index contributed by atoms with van der Waals surface area (Å²) in [4.78, 5) is 15.7. The lowest BCUT2D eigenvalue weighted by Crippen LogP contribution is -2.59. The van der Waals surface area contributed by atoms with Gasteiger partial charge < -0.3 is 28.4 Å². The van der Waals surface area contributed by atoms with Gasteiger partial charge in [-0.1, -0.05) is 43.3 Å². The van der Waals surface area contributed by atoms with Gasteiger partial charge in [0, 0.05) is 12.0 Å². The molecule has 6 rings (SSSR count). The largest absolute Gasteiger partial charge is 0.454 e. The molecule has 3 aromatic carbocycles. The number of nitrogens with zero attached hydrogens (tertiary/aromatic N) is 2. The molecule has 0 spiro atoms. The summed E-state index contributed by atoms with van der Waals surface area (Å²) in [5.41, 5.74) is 0.907. The number of carbonyl (C=O) groups excluding carboxylic acids is 1. The van der Waals surface area contributed by atoms with Crippen LogP contribution in [0.4, 0.5) is 0 Å². The van der Waals surface area contributed by atoms with Crippen LogP contribution in [0.25, 0.3) is 0 Å². The van der Waals surface area contributed by atoms with Crippen molar-refractivity contribution in [2.45, 2.75) is 50.7 Å². The average molecular weight is 571 g/mol. The number of fused-ring (bicyclic) bond motifs is 2. The first-order valence-electron chi connectivity index (χ1n) is 14.1. The number of hydrogen-bond donors (Lipinski definition) is 0. The molecule has 0 amide bonds. The Balaban J connectivity index is 1.40. The highest BCUT2D eigenvalue weighted by Gasteiger charge is 2.50. The number of carbonyl (C=O) groups is 1. The lowest BCUT2D eigenvalue weighted by molar-refractivity contribution is -0.300. The van der Waals surface area contributed by atoms with Gasteiger partial charge in [-0.2, -0.15) is 5.26 Å². The Morgan fingerprint density at radius 2 is 1.62 bits per heavy atom. The van der Waals surface area contributed by atoms with E-state index in [0.717, 1.165) is 5.56 Å². The number of likely N-dealkylation sites (N-methyl/N-ethyl adjacent to an activating group) is 1. The number of nitriles is 1. The first-order valence-corrected chi connectivity index (χ1v) is 14.1. The van der Waals surface area contributed by atoms with Crippen molar-refractivity contribution in [3.63, 3.8) is 0 Å². The van der Waals surface area contributed by atoms with Crippen LogP contribution in [0.15, 0.2) is 66.7 Å². The molecule has 0 saturated carbocycles. The molecule has 0 aliphatic carbocycles. The summed E-state index contributed by atoms with van der Waals surface area (Å²) in [6, 6.07) is 22.9. The number of ketones is 1. The van der Waals surface area contributed by atoms with Crippen molar-refractivity contribution in [3.05, 3.63) is 83.4 Å². The van der Waals surface area contributed by atoms with Gasteiger partial charge in [0.05, 0.1) is 18.7 Å². The summed E-state index contributed by atoms with van der Waals surface area (Å²) in [7, 11) is 1.90. The zero-order valence-electron chi connectivity index (χ0n) is 24.2. The molecule has 4 atom stereocenters. The Hall–Kier alpha value is -4.10. The Morgan fingerprint density at radius 3 is 2.31 bits per heavy atom. The summed E-state index contributed by atoms with van der Waals surface area (Å²) in [6.07, 6.45) is -0.291. The van der Waals surface area contributed by atoms with Gasteiger partial charge in [0.15, 0.2) is 34.6 Å². The predicted molar refractivity (Wildman–Crippen MR) is 152 cm³/mol. The Bertz CT molecular complexity index is 1520. The molecule has 0 radical (unpaired) electrons. The zero-order chi connectivity index (χ0) is 29.5. The molecule has 0 aromatic heterocycles. The SMILES string of the molecule is C[C@H](CC(=O)c1ccc2c(c1)OCO2)[C@](C#N)(c1ccc2c(c1)OCO2)N(C)[C@H]1COC(C)(C)O[C@H]1c1ccccc1. The van der Waals surface area contributed by atoms with E-state index in [-0.39, 0.29) is 31.8 Å². The number of benzene rings is 3. The van der Waals surface area contributed by atoms with Crippen molar-refractivity contribution in [2.24, 2.45) is 5.92 Å². The van der Waals surface area contributed by atoms with Crippen molar-refractivity contribution in [3.8, 4) is 29.1 Å². The third kappa shape index (κ3) is 4.96. The monoisotopic (exact) mass is 570 g/mol. The topological polar surface area (TPSA) is 99.5 Å². The minimum Gasteiger partial charge on any atom is -0.454 e. The average Bonchev–Trinajstić information content (AvgIpc) is 3.66. The fourth-order valence-electron chi connectivity index (χ4n) is 6.14. The van der Waals surface area contributed by atoms with Crippen molar-refractivity contribution in [2.75, 3.05) is 27.2 Å². The Labute approximate surface area is 245 Å². The summed E-state index contributed by atoms with van der Waals surface area (Å²) >= 11 is 0. The molecule has 1 saturated heterocycles. The van der Waals surface area contributed by atoms with E-state index in [1.165, 1.54) is 0 Å². The highest BCUT2D eigenvalue weighted by Crippen LogP contribution is 2.46. The zero-order valence-corrected chi connectivity index (χ0v) is 24.2. The van der Waals surface area contributed by atoms with Gasteiger partial charge in [-0.25, -0.2) is 0 Å². The molecule has 0 N–H and O–H groups in total. The van der Waals surface area contributed by atoms with Crippen molar-refractivity contribution in [1.29, 1.82) is 5.26 Å². The van der Waals surface area contributed by atoms with E-state index in [1.54, 1.807) is 18.2 Å². The van der Waals surface area contributed by atoms with E-state index >= 15 is 0 Å². The molecule has 1 fully saturated rings. The molecule has 0 bridgehead atoms. The molecule has 218 valence electrons. The maximum Gasteiger partial charge on any atom is 0.231 e.